The normalized spacial score (nSPS) is 24.2. The molecule has 110 valence electrons. The van der Waals surface area contributed by atoms with Crippen LogP contribution >= 0.6 is 0 Å². The van der Waals surface area contributed by atoms with Crippen LogP contribution in [0.1, 0.15) is 12.0 Å². The highest BCUT2D eigenvalue weighted by atomic mass is 16.7. The molecule has 6 nitrogen and oxygen atoms in total. The largest absolute Gasteiger partial charge is 0.507 e. The average Bonchev–Trinajstić information content (AvgIpc) is 3.08. The molecule has 0 spiro atoms. The van der Waals surface area contributed by atoms with Gasteiger partial charge < -0.3 is 29.4 Å². The quantitative estimate of drug-likeness (QED) is 0.839. The van der Waals surface area contributed by atoms with Gasteiger partial charge in [-0.25, -0.2) is 0 Å². The second-order valence-electron chi connectivity index (χ2n) is 5.13. The number of fused-ring (bicyclic) bond motifs is 1. The molecule has 1 saturated heterocycles. The second-order valence-corrected chi connectivity index (χ2v) is 5.13. The molecule has 0 amide bonds. The van der Waals surface area contributed by atoms with E-state index in [9.17, 15) is 5.11 Å². The van der Waals surface area contributed by atoms with Crippen molar-refractivity contribution >= 4 is 0 Å². The number of phenols is 1. The smallest absolute Gasteiger partial charge is 0.231 e. The molecule has 1 aromatic rings. The van der Waals surface area contributed by atoms with E-state index >= 15 is 0 Å². The minimum atomic E-state index is -0.258. The Hall–Kier alpha value is -1.50. The van der Waals surface area contributed by atoms with Crippen LogP contribution in [-0.4, -0.2) is 44.4 Å². The first-order chi connectivity index (χ1) is 9.72. The Bertz CT molecular complexity index is 485. The maximum absolute atomic E-state index is 9.96. The summed E-state index contributed by atoms with van der Waals surface area (Å²) in [5.74, 6) is 1.46. The Morgan fingerprint density at radius 2 is 2.15 bits per heavy atom. The summed E-state index contributed by atoms with van der Waals surface area (Å²) < 4.78 is 21.5. The van der Waals surface area contributed by atoms with Crippen LogP contribution < -0.4 is 14.8 Å². The molecule has 2 aliphatic heterocycles. The number of benzene rings is 1. The standard InChI is InChI=1S/C14H19NO5/c1-17-14(2-3-18-8-14)7-15-6-10-4-12-13(5-11(10)16)20-9-19-12/h4-5,15-16H,2-3,6-9H2,1H3. The fourth-order valence-electron chi connectivity index (χ4n) is 2.50. The van der Waals surface area contributed by atoms with E-state index in [0.29, 0.717) is 31.2 Å². The molecule has 0 bridgehead atoms. The number of aromatic hydroxyl groups is 1. The number of nitrogens with one attached hydrogen (secondary N) is 1. The summed E-state index contributed by atoms with van der Waals surface area (Å²) in [5, 5.41) is 13.3. The molecule has 1 unspecified atom stereocenters. The Kier molecular flexibility index (Phi) is 3.69. The molecule has 2 N–H and O–H groups in total. The van der Waals surface area contributed by atoms with Crippen LogP contribution in [0.2, 0.25) is 0 Å². The van der Waals surface area contributed by atoms with E-state index in [0.717, 1.165) is 18.6 Å². The predicted octanol–water partition coefficient (Wildman–Crippen LogP) is 1.02. The van der Waals surface area contributed by atoms with E-state index in [4.69, 9.17) is 18.9 Å². The number of hydrogen-bond acceptors (Lipinski definition) is 6. The van der Waals surface area contributed by atoms with Crippen molar-refractivity contribution in [2.45, 2.75) is 18.6 Å². The zero-order chi connectivity index (χ0) is 14.0. The van der Waals surface area contributed by atoms with E-state index in [1.807, 2.05) is 0 Å². The van der Waals surface area contributed by atoms with Crippen molar-refractivity contribution in [1.82, 2.24) is 5.32 Å². The topological polar surface area (TPSA) is 69.2 Å². The zero-order valence-corrected chi connectivity index (χ0v) is 11.5. The first-order valence-corrected chi connectivity index (χ1v) is 6.67. The molecule has 2 heterocycles. The Balaban J connectivity index is 1.61. The van der Waals surface area contributed by atoms with Crippen LogP contribution in [0, 0.1) is 0 Å². The van der Waals surface area contributed by atoms with Gasteiger partial charge in [-0.3, -0.25) is 0 Å². The summed E-state index contributed by atoms with van der Waals surface area (Å²) in [6.45, 7) is 2.75. The molecule has 6 heteroatoms. The van der Waals surface area contributed by atoms with Crippen LogP contribution in [-0.2, 0) is 16.0 Å². The lowest BCUT2D eigenvalue weighted by Crippen LogP contribution is -2.42. The molecule has 1 aromatic carbocycles. The van der Waals surface area contributed by atoms with Gasteiger partial charge in [-0.05, 0) is 6.07 Å². The van der Waals surface area contributed by atoms with Gasteiger partial charge in [0.15, 0.2) is 11.5 Å². The molecule has 1 atom stereocenters. The Morgan fingerprint density at radius 1 is 1.35 bits per heavy atom. The monoisotopic (exact) mass is 281 g/mol. The SMILES string of the molecule is COC1(CNCc2cc3c(cc2O)OCO3)CCOC1. The van der Waals surface area contributed by atoms with Crippen molar-refractivity contribution in [2.75, 3.05) is 33.7 Å². The lowest BCUT2D eigenvalue weighted by atomic mass is 10.0. The summed E-state index contributed by atoms with van der Waals surface area (Å²) >= 11 is 0. The molecule has 2 aliphatic rings. The summed E-state index contributed by atoms with van der Waals surface area (Å²) in [4.78, 5) is 0. The van der Waals surface area contributed by atoms with Crippen LogP contribution in [0.3, 0.4) is 0 Å². The third-order valence-electron chi connectivity index (χ3n) is 3.84. The van der Waals surface area contributed by atoms with Crippen molar-refractivity contribution in [3.8, 4) is 17.2 Å². The summed E-state index contributed by atoms with van der Waals surface area (Å²) in [6, 6.07) is 3.39. The van der Waals surface area contributed by atoms with E-state index in [1.54, 1.807) is 19.2 Å². The third-order valence-corrected chi connectivity index (χ3v) is 3.84. The van der Waals surface area contributed by atoms with Crippen LogP contribution in [0.5, 0.6) is 17.2 Å². The highest BCUT2D eigenvalue weighted by Gasteiger charge is 2.34. The molecular formula is C14H19NO5. The summed E-state index contributed by atoms with van der Waals surface area (Å²) in [5.41, 5.74) is 0.519. The number of phenolic OH excluding ortho intramolecular Hbond substituents is 1. The number of ether oxygens (including phenoxy) is 4. The van der Waals surface area contributed by atoms with Crippen LogP contribution in [0.15, 0.2) is 12.1 Å². The highest BCUT2D eigenvalue weighted by molar-refractivity contribution is 5.51. The second kappa shape index (κ2) is 5.47. The molecule has 0 saturated carbocycles. The van der Waals surface area contributed by atoms with Gasteiger partial charge in [0.1, 0.15) is 11.4 Å². The third kappa shape index (κ3) is 2.54. The van der Waals surface area contributed by atoms with Gasteiger partial charge in [-0.15, -0.1) is 0 Å². The lowest BCUT2D eigenvalue weighted by Gasteiger charge is -2.26. The zero-order valence-electron chi connectivity index (χ0n) is 11.5. The number of methoxy groups -OCH3 is 1. The molecule has 3 rings (SSSR count). The van der Waals surface area contributed by atoms with Crippen molar-refractivity contribution in [3.05, 3.63) is 17.7 Å². The lowest BCUT2D eigenvalue weighted by molar-refractivity contribution is -0.0159. The fourth-order valence-corrected chi connectivity index (χ4v) is 2.50. The Morgan fingerprint density at radius 3 is 2.85 bits per heavy atom. The van der Waals surface area contributed by atoms with Crippen LogP contribution in [0.4, 0.5) is 0 Å². The molecule has 0 aliphatic carbocycles. The maximum atomic E-state index is 9.96. The predicted molar refractivity (Wildman–Crippen MR) is 71.1 cm³/mol. The Labute approximate surface area is 117 Å². The summed E-state index contributed by atoms with van der Waals surface area (Å²) in [7, 11) is 1.70. The number of hydrogen-bond donors (Lipinski definition) is 2. The fraction of sp³-hybridized carbons (Fsp3) is 0.571. The van der Waals surface area contributed by atoms with Gasteiger partial charge in [0.2, 0.25) is 6.79 Å². The molecular weight excluding hydrogens is 262 g/mol. The number of rotatable bonds is 5. The minimum Gasteiger partial charge on any atom is -0.507 e. The van der Waals surface area contributed by atoms with E-state index in [-0.39, 0.29) is 18.1 Å². The van der Waals surface area contributed by atoms with Gasteiger partial charge >= 0.3 is 0 Å². The van der Waals surface area contributed by atoms with Gasteiger partial charge in [0, 0.05) is 44.9 Å². The maximum Gasteiger partial charge on any atom is 0.231 e. The summed E-state index contributed by atoms with van der Waals surface area (Å²) in [6.07, 6.45) is 0.879. The van der Waals surface area contributed by atoms with Crippen molar-refractivity contribution in [1.29, 1.82) is 0 Å². The van der Waals surface area contributed by atoms with Crippen molar-refractivity contribution in [3.63, 3.8) is 0 Å². The van der Waals surface area contributed by atoms with Gasteiger partial charge in [-0.1, -0.05) is 0 Å². The van der Waals surface area contributed by atoms with Gasteiger partial charge in [0.25, 0.3) is 0 Å². The first-order valence-electron chi connectivity index (χ1n) is 6.67. The molecule has 0 aromatic heterocycles. The molecule has 1 fully saturated rings. The minimum absolute atomic E-state index is 0.204. The average molecular weight is 281 g/mol. The van der Waals surface area contributed by atoms with Gasteiger partial charge in [0.05, 0.1) is 6.61 Å². The first kappa shape index (κ1) is 13.5. The van der Waals surface area contributed by atoms with Crippen molar-refractivity contribution < 1.29 is 24.1 Å². The van der Waals surface area contributed by atoms with E-state index in [1.165, 1.54) is 0 Å². The molecule has 20 heavy (non-hydrogen) atoms. The van der Waals surface area contributed by atoms with E-state index < -0.39 is 0 Å². The van der Waals surface area contributed by atoms with Crippen molar-refractivity contribution in [2.24, 2.45) is 0 Å². The van der Waals surface area contributed by atoms with E-state index in [2.05, 4.69) is 5.32 Å². The van der Waals surface area contributed by atoms with Crippen LogP contribution in [0.25, 0.3) is 0 Å². The van der Waals surface area contributed by atoms with Gasteiger partial charge in [-0.2, -0.15) is 0 Å². The highest BCUT2D eigenvalue weighted by Crippen LogP contribution is 2.37. The molecule has 0 radical (unpaired) electrons.